The van der Waals surface area contributed by atoms with Gasteiger partial charge in [0.2, 0.25) is 5.91 Å². The van der Waals surface area contributed by atoms with Gasteiger partial charge in [0.15, 0.2) is 0 Å². The van der Waals surface area contributed by atoms with E-state index in [0.29, 0.717) is 12.3 Å². The summed E-state index contributed by atoms with van der Waals surface area (Å²) in [5.74, 6) is 0.364. The fraction of sp³-hybridized carbons (Fsp3) is 0.167. The van der Waals surface area contributed by atoms with Crippen LogP contribution in [0.5, 0.6) is 0 Å². The summed E-state index contributed by atoms with van der Waals surface area (Å²) >= 11 is 0. The molecule has 4 heterocycles. The summed E-state index contributed by atoms with van der Waals surface area (Å²) in [7, 11) is 0. The van der Waals surface area contributed by atoms with Gasteiger partial charge in [0, 0.05) is 46.1 Å². The number of rotatable bonds is 7. The molecule has 1 atom stereocenters. The number of nitrogens with zero attached hydrogens (tertiary/aromatic N) is 2. The molecule has 1 aromatic carbocycles. The van der Waals surface area contributed by atoms with E-state index >= 15 is 0 Å². The number of carbonyl (C=O) groups is 1. The zero-order valence-corrected chi connectivity index (χ0v) is 20.8. The van der Waals surface area contributed by atoms with E-state index in [1.54, 1.807) is 12.5 Å². The zero-order chi connectivity index (χ0) is 25.5. The summed E-state index contributed by atoms with van der Waals surface area (Å²) in [5, 5.41) is 12.8. The van der Waals surface area contributed by atoms with E-state index in [4.69, 9.17) is 4.42 Å². The molecule has 5 aromatic rings. The van der Waals surface area contributed by atoms with Crippen molar-refractivity contribution in [3.05, 3.63) is 90.8 Å². The number of benzene rings is 1. The van der Waals surface area contributed by atoms with Crippen LogP contribution in [0.15, 0.2) is 89.7 Å². The van der Waals surface area contributed by atoms with Crippen LogP contribution in [0.2, 0.25) is 0 Å². The highest BCUT2D eigenvalue weighted by Crippen LogP contribution is 2.40. The summed E-state index contributed by atoms with van der Waals surface area (Å²) in [6, 6.07) is 10.3. The first-order valence-electron chi connectivity index (χ1n) is 12.4. The Morgan fingerprint density at radius 2 is 2.08 bits per heavy atom. The third kappa shape index (κ3) is 4.40. The molecule has 1 unspecified atom stereocenters. The molecule has 7 heteroatoms. The molecule has 0 spiro atoms. The Kier molecular flexibility index (Phi) is 5.60. The molecule has 1 saturated carbocycles. The highest BCUT2D eigenvalue weighted by atomic mass is 16.3. The summed E-state index contributed by atoms with van der Waals surface area (Å²) < 4.78 is 5.29. The molecule has 0 bridgehead atoms. The molecule has 0 radical (unpaired) electrons. The van der Waals surface area contributed by atoms with Crippen LogP contribution < -0.4 is 5.32 Å². The van der Waals surface area contributed by atoms with Crippen molar-refractivity contribution < 1.29 is 9.21 Å². The van der Waals surface area contributed by atoms with Gasteiger partial charge in [-0.15, -0.1) is 0 Å². The minimum absolute atomic E-state index is 0.000375. The van der Waals surface area contributed by atoms with Gasteiger partial charge in [-0.1, -0.05) is 31.2 Å². The lowest BCUT2D eigenvalue weighted by atomic mass is 10.00. The maximum atomic E-state index is 11.9. The summed E-state index contributed by atoms with van der Waals surface area (Å²) in [5.41, 5.74) is 9.73. The second kappa shape index (κ2) is 9.09. The average Bonchev–Trinajstić information content (AvgIpc) is 3.36. The largest absolute Gasteiger partial charge is 0.472 e. The molecule has 0 saturated heterocycles. The van der Waals surface area contributed by atoms with Gasteiger partial charge >= 0.3 is 0 Å². The molecule has 1 aliphatic carbocycles. The number of carbonyl (C=O) groups excluding carboxylic acids is 1. The Balaban J connectivity index is 1.43. The molecule has 184 valence electrons. The molecule has 1 fully saturated rings. The van der Waals surface area contributed by atoms with Crippen LogP contribution in [0.3, 0.4) is 0 Å². The van der Waals surface area contributed by atoms with Crippen molar-refractivity contribution in [3.63, 3.8) is 0 Å². The van der Waals surface area contributed by atoms with Gasteiger partial charge in [-0.2, -0.15) is 5.10 Å². The summed E-state index contributed by atoms with van der Waals surface area (Å²) in [6.07, 6.45) is 12.8. The number of aromatic nitrogens is 4. The second-order valence-electron chi connectivity index (χ2n) is 9.50. The number of nitrogens with one attached hydrogen (secondary N) is 3. The van der Waals surface area contributed by atoms with E-state index in [-0.39, 0.29) is 5.91 Å². The lowest BCUT2D eigenvalue weighted by Crippen LogP contribution is -2.19. The molecular formula is C30H27N5O2. The summed E-state index contributed by atoms with van der Waals surface area (Å²) in [4.78, 5) is 19.8. The number of H-pyrrole nitrogens is 2. The standard InChI is InChI=1S/C30H27N5O2/c1-4-29(36)32-18(3)10-22(11-21-9-17(21)2)19-5-6-26-24(12-19)30(35-34-26)27-13-23-25(20-7-8-37-16-20)14-31-15-28(23)33-27/h5-8,10-16,21,33H,2,4,9H2,1,3H3,(H,32,36)(H,34,35)/b18-10+,22-11+. The Morgan fingerprint density at radius 1 is 1.22 bits per heavy atom. The fourth-order valence-corrected chi connectivity index (χ4v) is 4.65. The van der Waals surface area contributed by atoms with Crippen LogP contribution in [0.1, 0.15) is 32.3 Å². The number of aromatic amines is 2. The predicted molar refractivity (Wildman–Crippen MR) is 146 cm³/mol. The summed E-state index contributed by atoms with van der Waals surface area (Å²) in [6.45, 7) is 7.88. The normalized spacial score (nSPS) is 16.1. The topological polar surface area (TPSA) is 99.6 Å². The van der Waals surface area contributed by atoms with Crippen molar-refractivity contribution in [1.82, 2.24) is 25.5 Å². The Hall–Kier alpha value is -4.65. The van der Waals surface area contributed by atoms with Crippen LogP contribution in [0.25, 0.3) is 49.9 Å². The third-order valence-corrected chi connectivity index (χ3v) is 6.79. The van der Waals surface area contributed by atoms with Crippen molar-refractivity contribution in [2.24, 2.45) is 5.92 Å². The Morgan fingerprint density at radius 3 is 2.84 bits per heavy atom. The highest BCUT2D eigenvalue weighted by molar-refractivity contribution is 6.01. The van der Waals surface area contributed by atoms with E-state index in [1.165, 1.54) is 5.57 Å². The highest BCUT2D eigenvalue weighted by Gasteiger charge is 2.25. The lowest BCUT2D eigenvalue weighted by molar-refractivity contribution is -0.120. The molecular weight excluding hydrogens is 462 g/mol. The number of fused-ring (bicyclic) bond motifs is 2. The van der Waals surface area contributed by atoms with E-state index in [9.17, 15) is 4.79 Å². The zero-order valence-electron chi connectivity index (χ0n) is 20.8. The number of hydrogen-bond acceptors (Lipinski definition) is 4. The maximum absolute atomic E-state index is 11.9. The minimum atomic E-state index is -0.000375. The molecule has 3 N–H and O–H groups in total. The Bertz CT molecular complexity index is 1720. The van der Waals surface area contributed by atoms with E-state index in [0.717, 1.165) is 67.6 Å². The third-order valence-electron chi connectivity index (χ3n) is 6.79. The van der Waals surface area contributed by atoms with Gasteiger partial charge in [-0.05, 0) is 54.8 Å². The first-order chi connectivity index (χ1) is 18.0. The minimum Gasteiger partial charge on any atom is -0.472 e. The van der Waals surface area contributed by atoms with Gasteiger partial charge in [0.05, 0.1) is 35.5 Å². The predicted octanol–water partition coefficient (Wildman–Crippen LogP) is 6.76. The molecule has 6 rings (SSSR count). The van der Waals surface area contributed by atoms with Gasteiger partial charge in [0.1, 0.15) is 5.69 Å². The Labute approximate surface area is 214 Å². The van der Waals surface area contributed by atoms with Crippen LogP contribution in [-0.2, 0) is 4.79 Å². The first kappa shape index (κ1) is 22.8. The number of hydrogen-bond donors (Lipinski definition) is 3. The molecule has 1 amide bonds. The van der Waals surface area contributed by atoms with Gasteiger partial charge in [-0.3, -0.25) is 14.9 Å². The lowest BCUT2D eigenvalue weighted by Gasteiger charge is -2.08. The van der Waals surface area contributed by atoms with Crippen LogP contribution >= 0.6 is 0 Å². The van der Waals surface area contributed by atoms with Crippen molar-refractivity contribution in [2.45, 2.75) is 26.7 Å². The monoisotopic (exact) mass is 489 g/mol. The van der Waals surface area contributed by atoms with Crippen LogP contribution in [0, 0.1) is 5.92 Å². The SMILES string of the molecule is C=C1CC1/C=C(\C=C(/C)NC(=O)CC)c1ccc2[nH]nc(-c3cc4c(-c5ccoc5)cncc4[nH]3)c2c1. The van der Waals surface area contributed by atoms with Gasteiger partial charge in [0.25, 0.3) is 0 Å². The molecule has 37 heavy (non-hydrogen) atoms. The number of amides is 1. The number of allylic oxidation sites excluding steroid dienone is 5. The van der Waals surface area contributed by atoms with Crippen molar-refractivity contribution in [1.29, 1.82) is 0 Å². The molecule has 7 nitrogen and oxygen atoms in total. The van der Waals surface area contributed by atoms with Crippen molar-refractivity contribution in [3.8, 4) is 22.5 Å². The average molecular weight is 490 g/mol. The van der Waals surface area contributed by atoms with Crippen molar-refractivity contribution >= 4 is 33.3 Å². The molecule has 0 aliphatic heterocycles. The quantitative estimate of drug-likeness (QED) is 0.174. The maximum Gasteiger partial charge on any atom is 0.223 e. The number of pyridine rings is 1. The van der Waals surface area contributed by atoms with Crippen molar-refractivity contribution in [2.75, 3.05) is 0 Å². The first-order valence-corrected chi connectivity index (χ1v) is 12.4. The van der Waals surface area contributed by atoms with Gasteiger partial charge < -0.3 is 14.7 Å². The van der Waals surface area contributed by atoms with Crippen LogP contribution in [0.4, 0.5) is 0 Å². The van der Waals surface area contributed by atoms with Crippen LogP contribution in [-0.4, -0.2) is 26.1 Å². The fourth-order valence-electron chi connectivity index (χ4n) is 4.65. The smallest absolute Gasteiger partial charge is 0.223 e. The molecule has 4 aromatic heterocycles. The molecule has 1 aliphatic rings. The van der Waals surface area contributed by atoms with E-state index < -0.39 is 0 Å². The van der Waals surface area contributed by atoms with E-state index in [2.05, 4.69) is 56.3 Å². The number of furan rings is 1. The second-order valence-corrected chi connectivity index (χ2v) is 9.50. The van der Waals surface area contributed by atoms with E-state index in [1.807, 2.05) is 44.4 Å². The van der Waals surface area contributed by atoms with Gasteiger partial charge in [-0.25, -0.2) is 0 Å².